The Morgan fingerprint density at radius 3 is 2.11 bits per heavy atom. The summed E-state index contributed by atoms with van der Waals surface area (Å²) in [7, 11) is -3.66. The highest BCUT2D eigenvalue weighted by Gasteiger charge is 2.71. The number of likely N-dealkylation sites (tertiary alicyclic amines) is 1. The first-order valence-electron chi connectivity index (χ1n) is 20.6. The molecule has 7 rings (SSSR count). The zero-order valence-electron chi connectivity index (χ0n) is 33.6. The van der Waals surface area contributed by atoms with Crippen molar-refractivity contribution < 1.29 is 32.4 Å². The van der Waals surface area contributed by atoms with E-state index < -0.39 is 66.6 Å². The predicted octanol–water partition coefficient (Wildman–Crippen LogP) is 3.99. The fraction of sp³-hybridized carbons (Fsp3) is 0.738. The van der Waals surface area contributed by atoms with Crippen molar-refractivity contribution in [3.05, 3.63) is 35.4 Å². The van der Waals surface area contributed by atoms with Crippen LogP contribution >= 0.6 is 0 Å². The molecule has 55 heavy (non-hydrogen) atoms. The molecule has 13 heteroatoms. The lowest BCUT2D eigenvalue weighted by Gasteiger charge is -2.44. The number of urea groups is 1. The second kappa shape index (κ2) is 13.9. The Balaban J connectivity index is 1.16. The lowest BCUT2D eigenvalue weighted by atomic mass is 9.79. The molecule has 7 atom stereocenters. The van der Waals surface area contributed by atoms with Gasteiger partial charge in [0.2, 0.25) is 17.6 Å². The minimum atomic E-state index is -3.66. The van der Waals surface area contributed by atoms with Gasteiger partial charge in [-0.25, -0.2) is 13.2 Å². The van der Waals surface area contributed by atoms with Crippen LogP contribution in [-0.2, 0) is 41.9 Å². The largest absolute Gasteiger partial charge is 0.347 e. The molecule has 4 N–H and O–H groups in total. The summed E-state index contributed by atoms with van der Waals surface area (Å²) in [5, 5.41) is 11.1. The van der Waals surface area contributed by atoms with Crippen molar-refractivity contribution in [1.29, 1.82) is 0 Å². The number of nitrogens with one attached hydrogen (secondary N) is 4. The smallest absolute Gasteiger partial charge is 0.315 e. The molecule has 4 saturated carbocycles. The van der Waals surface area contributed by atoms with Crippen LogP contribution in [0.1, 0.15) is 117 Å². The summed E-state index contributed by atoms with van der Waals surface area (Å²) < 4.78 is 26.6. The number of carbonyl (C=O) groups excluding carboxylic acids is 5. The van der Waals surface area contributed by atoms with Gasteiger partial charge < -0.3 is 26.2 Å². The highest BCUT2D eigenvalue weighted by atomic mass is 32.2. The summed E-state index contributed by atoms with van der Waals surface area (Å²) in [6.07, 6.45) is 7.30. The fourth-order valence-corrected chi connectivity index (χ4v) is 12.5. The van der Waals surface area contributed by atoms with Crippen LogP contribution in [0.3, 0.4) is 0 Å². The van der Waals surface area contributed by atoms with Gasteiger partial charge in [-0.1, -0.05) is 70.7 Å². The molecule has 0 aromatic heterocycles. The lowest BCUT2D eigenvalue weighted by Crippen LogP contribution is -2.65. The number of Topliss-reactive ketones (excluding diaryl/α,β-unsaturated/α-hetero) is 1. The molecule has 0 radical (unpaired) electrons. The molecule has 5 amide bonds. The van der Waals surface area contributed by atoms with E-state index in [0.717, 1.165) is 43.2 Å². The van der Waals surface area contributed by atoms with Crippen molar-refractivity contribution >= 4 is 39.4 Å². The first-order valence-corrected chi connectivity index (χ1v) is 22.2. The number of benzene rings is 1. The van der Waals surface area contributed by atoms with Gasteiger partial charge in [0.15, 0.2) is 9.84 Å². The summed E-state index contributed by atoms with van der Waals surface area (Å²) in [5.41, 5.74) is -0.302. The van der Waals surface area contributed by atoms with Crippen molar-refractivity contribution in [2.24, 2.45) is 29.1 Å². The minimum absolute atomic E-state index is 0.00134. The van der Waals surface area contributed by atoms with Gasteiger partial charge in [0.1, 0.15) is 17.6 Å². The summed E-state index contributed by atoms with van der Waals surface area (Å²) in [6, 6.07) is 5.53. The topological polar surface area (TPSA) is 171 Å². The van der Waals surface area contributed by atoms with Gasteiger partial charge >= 0.3 is 6.03 Å². The summed E-state index contributed by atoms with van der Waals surface area (Å²) in [6.45, 7) is 13.2. The number of piperidine rings is 1. The molecule has 6 aliphatic rings. The highest BCUT2D eigenvalue weighted by Crippen LogP contribution is 2.65. The Kier molecular flexibility index (Phi) is 10.0. The number of fused-ring (bicyclic) bond motifs is 2. The van der Waals surface area contributed by atoms with E-state index >= 15 is 4.79 Å². The van der Waals surface area contributed by atoms with Crippen LogP contribution in [0, 0.1) is 29.1 Å². The molecule has 0 spiro atoms. The van der Waals surface area contributed by atoms with Crippen molar-refractivity contribution in [3.8, 4) is 0 Å². The maximum absolute atomic E-state index is 15.1. The van der Waals surface area contributed by atoms with E-state index in [1.165, 1.54) is 0 Å². The molecular weight excluding hydrogens is 719 g/mol. The number of carbonyl (C=O) groups is 5. The first kappa shape index (κ1) is 39.7. The molecule has 12 nitrogen and oxygen atoms in total. The Labute approximate surface area is 326 Å². The van der Waals surface area contributed by atoms with Crippen molar-refractivity contribution in [2.45, 2.75) is 158 Å². The highest BCUT2D eigenvalue weighted by molar-refractivity contribution is 7.93. The van der Waals surface area contributed by atoms with Gasteiger partial charge in [0.25, 0.3) is 5.91 Å². The third-order valence-corrected chi connectivity index (χ3v) is 17.6. The number of hydrogen-bond donors (Lipinski definition) is 4. The molecule has 302 valence electrons. The molecule has 1 aliphatic heterocycles. The average molecular weight is 780 g/mol. The van der Waals surface area contributed by atoms with Crippen molar-refractivity contribution in [1.82, 2.24) is 26.2 Å². The standard InChI is InChI=1S/C42H61N5O7S/c1-8-28-22-42(28,34(48)36(50)43-29-16-17-29)45-35(49)33-31-30(40(31,6)7)23-47(33)37(51)32(27-20-25-14-10-11-15-26(25)21-27)44-38(52)46-41(18-12-9-13-19-41)24(2)55(53,54)39(3,4)5/h10-11,14-15,24,27-33H,8-9,12-13,16-23H2,1-7H3,(H,43,50)(H,45,49)(H2,44,46,52)/t24-,28?,30+,31+,32+,33+,42+/m1/s1. The summed E-state index contributed by atoms with van der Waals surface area (Å²) >= 11 is 0. The maximum atomic E-state index is 15.1. The number of ketones is 1. The molecule has 1 unspecified atom stereocenters. The Morgan fingerprint density at radius 1 is 0.945 bits per heavy atom. The molecule has 1 saturated heterocycles. The number of amides is 5. The van der Waals surface area contributed by atoms with Crippen LogP contribution in [-0.4, -0.2) is 88.6 Å². The van der Waals surface area contributed by atoms with E-state index in [2.05, 4.69) is 35.1 Å². The summed E-state index contributed by atoms with van der Waals surface area (Å²) in [4.78, 5) is 72.1. The van der Waals surface area contributed by atoms with Crippen LogP contribution < -0.4 is 21.3 Å². The van der Waals surface area contributed by atoms with Crippen LogP contribution in [0.2, 0.25) is 0 Å². The van der Waals surface area contributed by atoms with E-state index in [0.29, 0.717) is 45.1 Å². The Hall–Kier alpha value is -3.48. The quantitative estimate of drug-likeness (QED) is 0.233. The minimum Gasteiger partial charge on any atom is -0.347 e. The van der Waals surface area contributed by atoms with Crippen LogP contribution in [0.5, 0.6) is 0 Å². The molecule has 1 aromatic rings. The van der Waals surface area contributed by atoms with Gasteiger partial charge in [-0.15, -0.1) is 0 Å². The molecule has 0 bridgehead atoms. The van der Waals surface area contributed by atoms with Gasteiger partial charge in [0.05, 0.1) is 15.5 Å². The van der Waals surface area contributed by atoms with Gasteiger partial charge in [-0.3, -0.25) is 19.2 Å². The van der Waals surface area contributed by atoms with E-state index in [4.69, 9.17) is 0 Å². The fourth-order valence-electron chi connectivity index (χ4n) is 10.5. The average Bonchev–Trinajstić information content (AvgIpc) is 4.06. The SMILES string of the molecule is CCC1C[C@@]1(NC(=O)[C@@H]1[C@@H]2[C@H](CN1C(=O)[C@@H](NC(=O)NC1([C@@H](C)S(=O)(=O)C(C)(C)C)CCCCC1)C1Cc3ccccc3C1)C2(C)C)C(=O)C(=O)NC1CC1. The van der Waals surface area contributed by atoms with Gasteiger partial charge in [-0.05, 0) is 113 Å². The molecule has 1 aromatic carbocycles. The molecule has 5 aliphatic carbocycles. The van der Waals surface area contributed by atoms with Crippen molar-refractivity contribution in [2.75, 3.05) is 6.54 Å². The van der Waals surface area contributed by atoms with E-state index in [9.17, 15) is 27.6 Å². The monoisotopic (exact) mass is 779 g/mol. The van der Waals surface area contributed by atoms with E-state index in [-0.39, 0.29) is 41.0 Å². The molecular formula is C42H61N5O7S. The number of nitrogens with zero attached hydrogens (tertiary/aromatic N) is 1. The Bertz CT molecular complexity index is 1840. The number of hydrogen-bond acceptors (Lipinski definition) is 7. The maximum Gasteiger partial charge on any atom is 0.315 e. The van der Waals surface area contributed by atoms with Crippen LogP contribution in [0.15, 0.2) is 24.3 Å². The van der Waals surface area contributed by atoms with Crippen LogP contribution in [0.25, 0.3) is 0 Å². The lowest BCUT2D eigenvalue weighted by molar-refractivity contribution is -0.145. The van der Waals surface area contributed by atoms with Crippen LogP contribution in [0.4, 0.5) is 4.79 Å². The second-order valence-electron chi connectivity index (χ2n) is 19.3. The van der Waals surface area contributed by atoms with Gasteiger partial charge in [-0.2, -0.15) is 0 Å². The predicted molar refractivity (Wildman–Crippen MR) is 208 cm³/mol. The number of rotatable bonds is 12. The first-order chi connectivity index (χ1) is 25.8. The number of sulfone groups is 1. The second-order valence-corrected chi connectivity index (χ2v) is 22.3. The zero-order valence-corrected chi connectivity index (χ0v) is 34.4. The Morgan fingerprint density at radius 2 is 1.56 bits per heavy atom. The third-order valence-electron chi connectivity index (χ3n) is 14.5. The molecule has 5 fully saturated rings. The van der Waals surface area contributed by atoms with E-state index in [1.807, 2.05) is 31.2 Å². The normalized spacial score (nSPS) is 30.3. The van der Waals surface area contributed by atoms with E-state index in [1.54, 1.807) is 32.6 Å². The summed E-state index contributed by atoms with van der Waals surface area (Å²) in [5.74, 6) is -2.65. The third kappa shape index (κ3) is 6.98. The van der Waals surface area contributed by atoms with Crippen molar-refractivity contribution in [3.63, 3.8) is 0 Å². The molecule has 1 heterocycles. The zero-order chi connectivity index (χ0) is 39.9. The van der Waals surface area contributed by atoms with Gasteiger partial charge in [0, 0.05) is 12.6 Å².